The Bertz CT molecular complexity index is 1030. The van der Waals surface area contributed by atoms with E-state index >= 15 is 0 Å². The number of benzene rings is 2. The molecule has 2 aromatic rings. The van der Waals surface area contributed by atoms with Crippen molar-refractivity contribution in [2.24, 2.45) is 0 Å². The molecule has 27 heavy (non-hydrogen) atoms. The molecule has 2 aromatic carbocycles. The standard InChI is InChI=1S/C19H18ClFN2O3S/c1-12-5-6-15(8-16(12)20)23-18-11-27(25,26)10-17(18)22(19(23)24)9-13-3-2-4-14(21)7-13/h2-8,17-18H,9-11H2,1H3/t17-,18-/m0/s1. The minimum atomic E-state index is -3.26. The van der Waals surface area contributed by atoms with E-state index in [1.54, 1.807) is 30.3 Å². The number of amides is 2. The lowest BCUT2D eigenvalue weighted by molar-refractivity contribution is 0.206. The first kappa shape index (κ1) is 18.3. The van der Waals surface area contributed by atoms with Crippen LogP contribution in [-0.2, 0) is 16.4 Å². The minimum Gasteiger partial charge on any atom is -0.314 e. The second-order valence-electron chi connectivity index (χ2n) is 7.06. The van der Waals surface area contributed by atoms with Gasteiger partial charge in [-0.3, -0.25) is 4.90 Å². The van der Waals surface area contributed by atoms with Crippen LogP contribution in [0.5, 0.6) is 0 Å². The van der Waals surface area contributed by atoms with Gasteiger partial charge in [-0.1, -0.05) is 29.8 Å². The van der Waals surface area contributed by atoms with Crippen molar-refractivity contribution in [1.82, 2.24) is 4.90 Å². The van der Waals surface area contributed by atoms with Crippen molar-refractivity contribution in [3.05, 3.63) is 64.4 Å². The van der Waals surface area contributed by atoms with E-state index in [0.717, 1.165) is 5.56 Å². The first-order valence-electron chi connectivity index (χ1n) is 8.56. The number of fused-ring (bicyclic) bond motifs is 1. The fraction of sp³-hybridized carbons (Fsp3) is 0.316. The Morgan fingerprint density at radius 3 is 2.59 bits per heavy atom. The Hall–Kier alpha value is -2.12. The molecule has 0 saturated carbocycles. The van der Waals surface area contributed by atoms with E-state index in [4.69, 9.17) is 11.6 Å². The second kappa shape index (κ2) is 6.49. The van der Waals surface area contributed by atoms with Crippen molar-refractivity contribution in [2.45, 2.75) is 25.6 Å². The molecule has 0 radical (unpaired) electrons. The van der Waals surface area contributed by atoms with Gasteiger partial charge in [0.25, 0.3) is 0 Å². The number of sulfone groups is 1. The van der Waals surface area contributed by atoms with Gasteiger partial charge in [-0.25, -0.2) is 17.6 Å². The predicted octanol–water partition coefficient (Wildman–Crippen LogP) is 3.40. The van der Waals surface area contributed by atoms with E-state index in [0.29, 0.717) is 16.3 Å². The lowest BCUT2D eigenvalue weighted by Gasteiger charge is -2.23. The minimum absolute atomic E-state index is 0.0885. The van der Waals surface area contributed by atoms with Crippen LogP contribution in [0.2, 0.25) is 5.02 Å². The molecular formula is C19H18ClFN2O3S. The van der Waals surface area contributed by atoms with Crippen molar-refractivity contribution in [2.75, 3.05) is 16.4 Å². The number of halogens is 2. The number of anilines is 1. The molecule has 2 saturated heterocycles. The number of urea groups is 1. The van der Waals surface area contributed by atoms with Gasteiger partial charge < -0.3 is 4.90 Å². The maximum absolute atomic E-state index is 13.5. The summed E-state index contributed by atoms with van der Waals surface area (Å²) in [7, 11) is -3.26. The Morgan fingerprint density at radius 2 is 1.89 bits per heavy atom. The van der Waals surface area contributed by atoms with Crippen LogP contribution in [0.1, 0.15) is 11.1 Å². The van der Waals surface area contributed by atoms with Crippen LogP contribution < -0.4 is 4.90 Å². The van der Waals surface area contributed by atoms with Crippen LogP contribution in [0.15, 0.2) is 42.5 Å². The number of carbonyl (C=O) groups excluding carboxylic acids is 1. The molecular weight excluding hydrogens is 391 g/mol. The van der Waals surface area contributed by atoms with Crippen molar-refractivity contribution in [1.29, 1.82) is 0 Å². The summed E-state index contributed by atoms with van der Waals surface area (Å²) < 4.78 is 38.0. The smallest absolute Gasteiger partial charge is 0.314 e. The summed E-state index contributed by atoms with van der Waals surface area (Å²) >= 11 is 6.21. The summed E-state index contributed by atoms with van der Waals surface area (Å²) in [5, 5.41) is 0.515. The SMILES string of the molecule is Cc1ccc(N2C(=O)N(Cc3cccc(F)c3)[C@H]3CS(=O)(=O)C[C@@H]32)cc1Cl. The van der Waals surface area contributed by atoms with Crippen LogP contribution in [0, 0.1) is 12.7 Å². The zero-order valence-corrected chi connectivity index (χ0v) is 16.2. The topological polar surface area (TPSA) is 57.7 Å². The van der Waals surface area contributed by atoms with E-state index in [2.05, 4.69) is 0 Å². The molecule has 142 valence electrons. The van der Waals surface area contributed by atoms with Crippen molar-refractivity contribution in [3.63, 3.8) is 0 Å². The predicted molar refractivity (Wildman–Crippen MR) is 102 cm³/mol. The van der Waals surface area contributed by atoms with Crippen LogP contribution in [0.25, 0.3) is 0 Å². The van der Waals surface area contributed by atoms with E-state index in [1.807, 2.05) is 6.92 Å². The molecule has 4 rings (SSSR count). The van der Waals surface area contributed by atoms with Gasteiger partial charge in [-0.2, -0.15) is 0 Å². The number of aryl methyl sites for hydroxylation is 1. The number of rotatable bonds is 3. The van der Waals surface area contributed by atoms with Gasteiger partial charge in [0.2, 0.25) is 0 Å². The first-order valence-corrected chi connectivity index (χ1v) is 10.8. The Kier molecular flexibility index (Phi) is 4.39. The van der Waals surface area contributed by atoms with Gasteiger partial charge in [-0.15, -0.1) is 0 Å². The lowest BCUT2D eigenvalue weighted by atomic mass is 10.1. The van der Waals surface area contributed by atoms with Crippen LogP contribution in [-0.4, -0.2) is 42.9 Å². The molecule has 2 atom stereocenters. The zero-order valence-electron chi connectivity index (χ0n) is 14.6. The van der Waals surface area contributed by atoms with Crippen LogP contribution >= 0.6 is 11.6 Å². The highest BCUT2D eigenvalue weighted by Gasteiger charge is 2.53. The van der Waals surface area contributed by atoms with Crippen molar-refractivity contribution < 1.29 is 17.6 Å². The van der Waals surface area contributed by atoms with Crippen LogP contribution in [0.3, 0.4) is 0 Å². The second-order valence-corrected chi connectivity index (χ2v) is 9.62. The highest BCUT2D eigenvalue weighted by Crippen LogP contribution is 2.37. The average Bonchev–Trinajstić information content (AvgIpc) is 3.02. The summed E-state index contributed by atoms with van der Waals surface area (Å²) in [6.07, 6.45) is 0. The first-order chi connectivity index (χ1) is 12.7. The van der Waals surface area contributed by atoms with Crippen molar-refractivity contribution in [3.8, 4) is 0 Å². The van der Waals surface area contributed by atoms with Gasteiger partial charge in [0.15, 0.2) is 9.84 Å². The molecule has 8 heteroatoms. The van der Waals surface area contributed by atoms with E-state index in [1.165, 1.54) is 21.9 Å². The van der Waals surface area contributed by atoms with E-state index < -0.39 is 27.7 Å². The summed E-state index contributed by atoms with van der Waals surface area (Å²) in [5.74, 6) is -0.569. The fourth-order valence-electron chi connectivity index (χ4n) is 3.83. The number of hydrogen-bond acceptors (Lipinski definition) is 3. The summed E-state index contributed by atoms with van der Waals surface area (Å²) in [4.78, 5) is 16.2. The molecule has 2 heterocycles. The maximum atomic E-state index is 13.5. The van der Waals surface area contributed by atoms with Gasteiger partial charge in [0.05, 0.1) is 23.6 Å². The molecule has 2 aliphatic heterocycles. The Morgan fingerprint density at radius 1 is 1.15 bits per heavy atom. The van der Waals surface area contributed by atoms with Gasteiger partial charge in [0, 0.05) is 17.3 Å². The molecule has 0 aliphatic carbocycles. The van der Waals surface area contributed by atoms with E-state index in [-0.39, 0.29) is 24.1 Å². The molecule has 2 aliphatic rings. The van der Waals surface area contributed by atoms with Gasteiger partial charge >= 0.3 is 6.03 Å². The highest BCUT2D eigenvalue weighted by atomic mass is 35.5. The lowest BCUT2D eigenvalue weighted by Crippen LogP contribution is -2.37. The number of nitrogens with zero attached hydrogens (tertiary/aromatic N) is 2. The average molecular weight is 409 g/mol. The van der Waals surface area contributed by atoms with Crippen LogP contribution in [0.4, 0.5) is 14.9 Å². The summed E-state index contributed by atoms with van der Waals surface area (Å²) in [6.45, 7) is 2.01. The Balaban J connectivity index is 1.72. The maximum Gasteiger partial charge on any atom is 0.325 e. The summed E-state index contributed by atoms with van der Waals surface area (Å²) in [6, 6.07) is 10.0. The number of hydrogen-bond donors (Lipinski definition) is 0. The monoisotopic (exact) mass is 408 g/mol. The molecule has 0 bridgehead atoms. The summed E-state index contributed by atoms with van der Waals surface area (Å²) in [5.41, 5.74) is 2.07. The van der Waals surface area contributed by atoms with E-state index in [9.17, 15) is 17.6 Å². The Labute approximate surface area is 162 Å². The molecule has 2 fully saturated rings. The third kappa shape index (κ3) is 3.30. The van der Waals surface area contributed by atoms with Gasteiger partial charge in [0.1, 0.15) is 5.82 Å². The fourth-order valence-corrected chi connectivity index (χ4v) is 5.95. The zero-order chi connectivity index (χ0) is 19.3. The molecule has 0 N–H and O–H groups in total. The third-order valence-electron chi connectivity index (χ3n) is 5.15. The molecule has 5 nitrogen and oxygen atoms in total. The normalized spacial score (nSPS) is 23.7. The molecule has 0 spiro atoms. The largest absolute Gasteiger partial charge is 0.325 e. The molecule has 0 unspecified atom stereocenters. The quantitative estimate of drug-likeness (QED) is 0.731. The molecule has 0 aromatic heterocycles. The van der Waals surface area contributed by atoms with Crippen molar-refractivity contribution >= 4 is 33.2 Å². The highest BCUT2D eigenvalue weighted by molar-refractivity contribution is 7.91. The van der Waals surface area contributed by atoms with Gasteiger partial charge in [-0.05, 0) is 42.3 Å². The third-order valence-corrected chi connectivity index (χ3v) is 7.26. The number of carbonyl (C=O) groups is 1. The molecule has 2 amide bonds.